The number of benzene rings is 2. The number of piperazine rings is 1. The molecule has 0 radical (unpaired) electrons. The van der Waals surface area contributed by atoms with Gasteiger partial charge in [0.15, 0.2) is 5.82 Å². The Kier molecular flexibility index (Phi) is 6.20. The Bertz CT molecular complexity index is 949. The monoisotopic (exact) mass is 426 g/mol. The Hall–Kier alpha value is -2.64. The SMILES string of the molecule is COc1ccc(N2CCN(C(c3ccc(Cl)cc3)c3nnnn3C(C)C)CC2)cc1. The Balaban J connectivity index is 1.57. The number of halogens is 1. The highest BCUT2D eigenvalue weighted by atomic mass is 35.5. The van der Waals surface area contributed by atoms with Gasteiger partial charge >= 0.3 is 0 Å². The Morgan fingerprint density at radius 3 is 2.20 bits per heavy atom. The van der Waals surface area contributed by atoms with E-state index in [1.807, 2.05) is 28.9 Å². The number of tetrazole rings is 1. The molecule has 0 aliphatic carbocycles. The molecule has 0 bridgehead atoms. The van der Waals surface area contributed by atoms with Gasteiger partial charge in [-0.2, -0.15) is 0 Å². The molecule has 2 aromatic carbocycles. The highest BCUT2D eigenvalue weighted by Crippen LogP contribution is 2.31. The van der Waals surface area contributed by atoms with Crippen LogP contribution in [0.3, 0.4) is 0 Å². The minimum Gasteiger partial charge on any atom is -0.497 e. The third-order valence-corrected chi connectivity index (χ3v) is 5.81. The Morgan fingerprint density at radius 2 is 1.60 bits per heavy atom. The summed E-state index contributed by atoms with van der Waals surface area (Å²) in [4.78, 5) is 4.86. The summed E-state index contributed by atoms with van der Waals surface area (Å²) in [6, 6.07) is 16.4. The van der Waals surface area contributed by atoms with Crippen LogP contribution in [0.15, 0.2) is 48.5 Å². The molecule has 4 rings (SSSR count). The molecule has 2 heterocycles. The fourth-order valence-electron chi connectivity index (χ4n) is 3.95. The van der Waals surface area contributed by atoms with E-state index in [1.54, 1.807) is 7.11 Å². The van der Waals surface area contributed by atoms with E-state index in [4.69, 9.17) is 16.3 Å². The van der Waals surface area contributed by atoms with E-state index in [1.165, 1.54) is 5.69 Å². The topological polar surface area (TPSA) is 59.3 Å². The molecule has 1 aliphatic rings. The van der Waals surface area contributed by atoms with Gasteiger partial charge in [0.2, 0.25) is 0 Å². The van der Waals surface area contributed by atoms with Crippen molar-refractivity contribution in [3.05, 3.63) is 64.9 Å². The van der Waals surface area contributed by atoms with Crippen LogP contribution in [0.2, 0.25) is 5.02 Å². The number of anilines is 1. The second-order valence-electron chi connectivity index (χ2n) is 7.75. The summed E-state index contributed by atoms with van der Waals surface area (Å²) < 4.78 is 7.19. The molecule has 158 valence electrons. The maximum atomic E-state index is 6.14. The zero-order valence-electron chi connectivity index (χ0n) is 17.6. The second-order valence-corrected chi connectivity index (χ2v) is 8.19. The normalized spacial score (nSPS) is 16.1. The molecule has 1 saturated heterocycles. The fourth-order valence-corrected chi connectivity index (χ4v) is 4.07. The van der Waals surface area contributed by atoms with Crippen LogP contribution in [0.25, 0.3) is 0 Å². The highest BCUT2D eigenvalue weighted by molar-refractivity contribution is 6.30. The van der Waals surface area contributed by atoms with Gasteiger partial charge in [-0.1, -0.05) is 23.7 Å². The van der Waals surface area contributed by atoms with Crippen molar-refractivity contribution in [1.82, 2.24) is 25.1 Å². The average molecular weight is 427 g/mol. The van der Waals surface area contributed by atoms with Crippen LogP contribution in [0.5, 0.6) is 5.75 Å². The van der Waals surface area contributed by atoms with Crippen LogP contribution in [0.1, 0.15) is 37.3 Å². The van der Waals surface area contributed by atoms with Crippen LogP contribution < -0.4 is 9.64 Å². The number of nitrogens with zero attached hydrogens (tertiary/aromatic N) is 6. The second kappa shape index (κ2) is 9.02. The number of hydrogen-bond donors (Lipinski definition) is 0. The van der Waals surface area contributed by atoms with Crippen LogP contribution in [-0.2, 0) is 0 Å². The molecule has 3 aromatic rings. The molecular weight excluding hydrogens is 400 g/mol. The lowest BCUT2D eigenvalue weighted by Gasteiger charge is -2.40. The Morgan fingerprint density at radius 1 is 0.933 bits per heavy atom. The quantitative estimate of drug-likeness (QED) is 0.597. The molecule has 1 fully saturated rings. The summed E-state index contributed by atoms with van der Waals surface area (Å²) in [5, 5.41) is 13.3. The van der Waals surface area contributed by atoms with E-state index in [9.17, 15) is 0 Å². The average Bonchev–Trinajstić information content (AvgIpc) is 3.26. The van der Waals surface area contributed by atoms with Crippen molar-refractivity contribution in [3.8, 4) is 5.75 Å². The maximum Gasteiger partial charge on any atom is 0.173 e. The van der Waals surface area contributed by atoms with Gasteiger partial charge in [-0.05, 0) is 66.2 Å². The van der Waals surface area contributed by atoms with Gasteiger partial charge in [0.25, 0.3) is 0 Å². The minimum absolute atomic E-state index is 0.0160. The Labute approximate surface area is 182 Å². The van der Waals surface area contributed by atoms with Gasteiger partial charge in [-0.25, -0.2) is 4.68 Å². The lowest BCUT2D eigenvalue weighted by molar-refractivity contribution is 0.199. The maximum absolute atomic E-state index is 6.14. The van der Waals surface area contributed by atoms with Gasteiger partial charge in [0.1, 0.15) is 5.75 Å². The smallest absolute Gasteiger partial charge is 0.173 e. The molecule has 7 nitrogen and oxygen atoms in total. The number of ether oxygens (including phenoxy) is 1. The van der Waals surface area contributed by atoms with Crippen molar-refractivity contribution < 1.29 is 4.74 Å². The number of methoxy groups -OCH3 is 1. The summed E-state index contributed by atoms with van der Waals surface area (Å²) in [7, 11) is 1.69. The van der Waals surface area contributed by atoms with E-state index in [-0.39, 0.29) is 12.1 Å². The van der Waals surface area contributed by atoms with Crippen LogP contribution in [0.4, 0.5) is 5.69 Å². The van der Waals surface area contributed by atoms with Crippen molar-refractivity contribution in [3.63, 3.8) is 0 Å². The first kappa shape index (κ1) is 20.6. The largest absolute Gasteiger partial charge is 0.497 e. The van der Waals surface area contributed by atoms with Crippen LogP contribution in [0, 0.1) is 0 Å². The first-order valence-corrected chi connectivity index (χ1v) is 10.6. The third kappa shape index (κ3) is 4.27. The summed E-state index contributed by atoms with van der Waals surface area (Å²) in [5.74, 6) is 1.74. The number of aromatic nitrogens is 4. The lowest BCUT2D eigenvalue weighted by Crippen LogP contribution is -2.48. The molecule has 0 saturated carbocycles. The summed E-state index contributed by atoms with van der Waals surface area (Å²) >= 11 is 6.14. The number of rotatable bonds is 6. The van der Waals surface area contributed by atoms with Crippen molar-refractivity contribution in [2.24, 2.45) is 0 Å². The predicted octanol–water partition coefficient (Wildman–Crippen LogP) is 3.83. The van der Waals surface area contributed by atoms with E-state index >= 15 is 0 Å². The van der Waals surface area contributed by atoms with E-state index in [0.717, 1.165) is 48.3 Å². The highest BCUT2D eigenvalue weighted by Gasteiger charge is 2.31. The van der Waals surface area contributed by atoms with Crippen molar-refractivity contribution in [2.45, 2.75) is 25.9 Å². The molecule has 30 heavy (non-hydrogen) atoms. The van der Waals surface area contributed by atoms with Crippen LogP contribution in [-0.4, -0.2) is 58.4 Å². The first-order chi connectivity index (χ1) is 14.6. The predicted molar refractivity (Wildman–Crippen MR) is 118 cm³/mol. The zero-order valence-corrected chi connectivity index (χ0v) is 18.3. The molecule has 0 amide bonds. The first-order valence-electron chi connectivity index (χ1n) is 10.2. The van der Waals surface area contributed by atoms with Gasteiger partial charge in [-0.15, -0.1) is 5.10 Å². The summed E-state index contributed by atoms with van der Waals surface area (Å²) in [5.41, 5.74) is 2.36. The third-order valence-electron chi connectivity index (χ3n) is 5.55. The summed E-state index contributed by atoms with van der Waals surface area (Å²) in [6.45, 7) is 7.87. The molecule has 1 unspecified atom stereocenters. The molecule has 1 aliphatic heterocycles. The molecule has 0 spiro atoms. The van der Waals surface area contributed by atoms with E-state index in [2.05, 4.69) is 63.4 Å². The number of hydrogen-bond acceptors (Lipinski definition) is 6. The van der Waals surface area contributed by atoms with Gasteiger partial charge in [0.05, 0.1) is 19.2 Å². The van der Waals surface area contributed by atoms with Gasteiger partial charge in [-0.3, -0.25) is 4.90 Å². The van der Waals surface area contributed by atoms with E-state index < -0.39 is 0 Å². The van der Waals surface area contributed by atoms with Crippen molar-refractivity contribution in [1.29, 1.82) is 0 Å². The fraction of sp³-hybridized carbons (Fsp3) is 0.409. The van der Waals surface area contributed by atoms with E-state index in [0.29, 0.717) is 0 Å². The summed E-state index contributed by atoms with van der Waals surface area (Å²) in [6.07, 6.45) is 0. The molecule has 1 aromatic heterocycles. The van der Waals surface area contributed by atoms with Crippen LogP contribution >= 0.6 is 11.6 Å². The minimum atomic E-state index is -0.0160. The molecule has 8 heteroatoms. The van der Waals surface area contributed by atoms with Gasteiger partial charge < -0.3 is 9.64 Å². The zero-order chi connectivity index (χ0) is 21.1. The molecular formula is C22H27ClN6O. The standard InChI is InChI=1S/C22H27ClN6O/c1-16(2)29-22(24-25-26-29)21(17-4-6-18(23)7-5-17)28-14-12-27(13-15-28)19-8-10-20(30-3)11-9-19/h4-11,16,21H,12-15H2,1-3H3. The lowest BCUT2D eigenvalue weighted by atomic mass is 10.0. The van der Waals surface area contributed by atoms with Crippen molar-refractivity contribution in [2.75, 3.05) is 38.2 Å². The van der Waals surface area contributed by atoms with Crippen molar-refractivity contribution >= 4 is 17.3 Å². The molecule has 1 atom stereocenters. The van der Waals surface area contributed by atoms with Gasteiger partial charge in [0, 0.05) is 36.9 Å². The molecule has 0 N–H and O–H groups in total.